The second-order valence-corrected chi connectivity index (χ2v) is 5.79. The molecule has 1 saturated heterocycles. The third-order valence-electron chi connectivity index (χ3n) is 3.94. The van der Waals surface area contributed by atoms with Crippen LogP contribution in [0, 0.1) is 0 Å². The van der Waals surface area contributed by atoms with E-state index >= 15 is 0 Å². The fourth-order valence-electron chi connectivity index (χ4n) is 2.60. The molecule has 0 radical (unpaired) electrons. The maximum Gasteiger partial charge on any atom is 0.280 e. The molecule has 1 aliphatic heterocycles. The van der Waals surface area contributed by atoms with Gasteiger partial charge < -0.3 is 10.1 Å². The van der Waals surface area contributed by atoms with Crippen LogP contribution in [0.4, 0.5) is 5.69 Å². The van der Waals surface area contributed by atoms with Gasteiger partial charge in [-0.25, -0.2) is 5.10 Å². The summed E-state index contributed by atoms with van der Waals surface area (Å²) in [7, 11) is 0. The number of H-pyrrole nitrogens is 1. The fraction of sp³-hybridized carbons (Fsp3) is 0.692. The molecule has 1 fully saturated rings. The molecular weight excluding hydrogens is 310 g/mol. The van der Waals surface area contributed by atoms with Crippen molar-refractivity contribution < 1.29 is 4.74 Å². The highest BCUT2D eigenvalue weighted by molar-refractivity contribution is 9.10. The first-order chi connectivity index (χ1) is 9.10. The summed E-state index contributed by atoms with van der Waals surface area (Å²) in [6, 6.07) is 0.313. The number of aromatic nitrogens is 2. The van der Waals surface area contributed by atoms with Crippen LogP contribution >= 0.6 is 15.9 Å². The van der Waals surface area contributed by atoms with Crippen molar-refractivity contribution in [1.29, 1.82) is 0 Å². The maximum atomic E-state index is 11.5. The second kappa shape index (κ2) is 6.05. The predicted octanol–water partition coefficient (Wildman–Crippen LogP) is 2.68. The quantitative estimate of drug-likeness (QED) is 0.891. The van der Waals surface area contributed by atoms with Crippen LogP contribution < -0.4 is 10.9 Å². The average Bonchev–Trinajstić information content (AvgIpc) is 2.44. The number of halogens is 1. The Morgan fingerprint density at radius 2 is 2.32 bits per heavy atom. The van der Waals surface area contributed by atoms with E-state index in [0.29, 0.717) is 10.5 Å². The molecule has 0 aromatic carbocycles. The summed E-state index contributed by atoms with van der Waals surface area (Å²) in [4.78, 5) is 11.5. The number of rotatable bonds is 4. The number of nitrogens with one attached hydrogen (secondary N) is 2. The van der Waals surface area contributed by atoms with E-state index in [-0.39, 0.29) is 11.2 Å². The van der Waals surface area contributed by atoms with Gasteiger partial charge in [0.2, 0.25) is 0 Å². The average molecular weight is 330 g/mol. The number of anilines is 1. The second-order valence-electron chi connectivity index (χ2n) is 5.00. The van der Waals surface area contributed by atoms with Crippen LogP contribution in [0.2, 0.25) is 0 Å². The molecule has 19 heavy (non-hydrogen) atoms. The number of aromatic amines is 1. The Hall–Kier alpha value is -0.880. The Kier molecular flexibility index (Phi) is 4.62. The highest BCUT2D eigenvalue weighted by atomic mass is 79.9. The van der Waals surface area contributed by atoms with E-state index in [1.54, 1.807) is 6.20 Å². The van der Waals surface area contributed by atoms with Gasteiger partial charge >= 0.3 is 0 Å². The number of ether oxygens (including phenoxy) is 1. The van der Waals surface area contributed by atoms with E-state index in [9.17, 15) is 4.79 Å². The van der Waals surface area contributed by atoms with Gasteiger partial charge in [-0.15, -0.1) is 0 Å². The van der Waals surface area contributed by atoms with Crippen molar-refractivity contribution in [2.45, 2.75) is 51.2 Å². The molecule has 0 aliphatic carbocycles. The molecule has 106 valence electrons. The van der Waals surface area contributed by atoms with Gasteiger partial charge in [-0.3, -0.25) is 4.79 Å². The standard InChI is InChI=1S/C13H20BrN3O2/c1-3-13(4-2)7-9(5-6-19-13)16-10-8-15-17-12(18)11(10)14/h8-9H,3-7H2,1-2H3,(H2,16,17,18). The molecule has 0 amide bonds. The molecule has 0 spiro atoms. The van der Waals surface area contributed by atoms with Gasteiger partial charge in [-0.05, 0) is 41.6 Å². The first kappa shape index (κ1) is 14.5. The van der Waals surface area contributed by atoms with Gasteiger partial charge in [0.15, 0.2) is 0 Å². The zero-order valence-electron chi connectivity index (χ0n) is 11.3. The third kappa shape index (κ3) is 3.17. The molecule has 1 unspecified atom stereocenters. The summed E-state index contributed by atoms with van der Waals surface area (Å²) >= 11 is 3.29. The van der Waals surface area contributed by atoms with Crippen LogP contribution in [-0.2, 0) is 4.74 Å². The Bertz CT molecular complexity index is 485. The molecule has 6 heteroatoms. The van der Waals surface area contributed by atoms with Crippen LogP contribution in [0.1, 0.15) is 39.5 Å². The lowest BCUT2D eigenvalue weighted by molar-refractivity contribution is -0.0864. The molecule has 1 aliphatic rings. The molecule has 5 nitrogen and oxygen atoms in total. The van der Waals surface area contributed by atoms with E-state index in [0.717, 1.165) is 38.0 Å². The Balaban J connectivity index is 2.11. The zero-order chi connectivity index (χ0) is 13.9. The van der Waals surface area contributed by atoms with Crippen molar-refractivity contribution in [2.24, 2.45) is 0 Å². The number of hydrogen-bond acceptors (Lipinski definition) is 4. The van der Waals surface area contributed by atoms with E-state index in [1.165, 1.54) is 0 Å². The largest absolute Gasteiger partial charge is 0.380 e. The minimum atomic E-state index is -0.214. The molecule has 2 N–H and O–H groups in total. The molecule has 0 saturated carbocycles. The first-order valence-electron chi connectivity index (χ1n) is 6.74. The number of nitrogens with zero attached hydrogens (tertiary/aromatic N) is 1. The van der Waals surface area contributed by atoms with Crippen molar-refractivity contribution in [2.75, 3.05) is 11.9 Å². The van der Waals surface area contributed by atoms with Crippen molar-refractivity contribution in [3.8, 4) is 0 Å². The highest BCUT2D eigenvalue weighted by Gasteiger charge is 2.34. The normalized spacial score (nSPS) is 22.2. The molecule has 1 aromatic heterocycles. The molecular formula is C13H20BrN3O2. The Morgan fingerprint density at radius 1 is 1.58 bits per heavy atom. The van der Waals surface area contributed by atoms with Crippen molar-refractivity contribution in [1.82, 2.24) is 10.2 Å². The summed E-state index contributed by atoms with van der Waals surface area (Å²) in [6.45, 7) is 5.08. The maximum absolute atomic E-state index is 11.5. The molecule has 0 bridgehead atoms. The summed E-state index contributed by atoms with van der Waals surface area (Å²) in [5, 5.41) is 9.63. The SMILES string of the molecule is CCC1(CC)CC(Nc2cn[nH]c(=O)c2Br)CCO1. The minimum absolute atomic E-state index is 0.0307. The smallest absolute Gasteiger partial charge is 0.280 e. The van der Waals surface area contributed by atoms with Gasteiger partial charge in [0, 0.05) is 12.6 Å². The summed E-state index contributed by atoms with van der Waals surface area (Å²) in [5.74, 6) is 0. The molecule has 1 aromatic rings. The van der Waals surface area contributed by atoms with E-state index in [1.807, 2.05) is 0 Å². The molecule has 2 rings (SSSR count). The van der Waals surface area contributed by atoms with Crippen LogP contribution in [0.15, 0.2) is 15.5 Å². The monoisotopic (exact) mass is 329 g/mol. The topological polar surface area (TPSA) is 67.0 Å². The highest BCUT2D eigenvalue weighted by Crippen LogP contribution is 2.33. The zero-order valence-corrected chi connectivity index (χ0v) is 12.9. The summed E-state index contributed by atoms with van der Waals surface area (Å²) < 4.78 is 6.46. The van der Waals surface area contributed by atoms with Gasteiger partial charge in [0.05, 0.1) is 17.5 Å². The van der Waals surface area contributed by atoms with Gasteiger partial charge in [0.25, 0.3) is 5.56 Å². The van der Waals surface area contributed by atoms with E-state index in [4.69, 9.17) is 4.74 Å². The van der Waals surface area contributed by atoms with Crippen LogP contribution in [-0.4, -0.2) is 28.4 Å². The van der Waals surface area contributed by atoms with Crippen LogP contribution in [0.5, 0.6) is 0 Å². The molecule has 2 heterocycles. The van der Waals surface area contributed by atoms with Crippen molar-refractivity contribution in [3.05, 3.63) is 21.0 Å². The van der Waals surface area contributed by atoms with Gasteiger partial charge in [-0.1, -0.05) is 13.8 Å². The fourth-order valence-corrected chi connectivity index (χ4v) is 2.90. The van der Waals surface area contributed by atoms with Gasteiger partial charge in [0.1, 0.15) is 4.47 Å². The lowest BCUT2D eigenvalue weighted by Gasteiger charge is -2.40. The van der Waals surface area contributed by atoms with Crippen molar-refractivity contribution in [3.63, 3.8) is 0 Å². The number of hydrogen-bond donors (Lipinski definition) is 2. The summed E-state index contributed by atoms with van der Waals surface area (Å²) in [6.07, 6.45) is 5.56. The Morgan fingerprint density at radius 3 is 3.00 bits per heavy atom. The lowest BCUT2D eigenvalue weighted by Crippen LogP contribution is -2.43. The molecule has 1 atom stereocenters. The van der Waals surface area contributed by atoms with Gasteiger partial charge in [-0.2, -0.15) is 5.10 Å². The minimum Gasteiger partial charge on any atom is -0.380 e. The third-order valence-corrected chi connectivity index (χ3v) is 4.72. The predicted molar refractivity (Wildman–Crippen MR) is 78.5 cm³/mol. The Labute approximate surface area is 121 Å². The van der Waals surface area contributed by atoms with E-state index < -0.39 is 0 Å². The van der Waals surface area contributed by atoms with Crippen LogP contribution in [0.3, 0.4) is 0 Å². The summed E-state index contributed by atoms with van der Waals surface area (Å²) in [5.41, 5.74) is 0.503. The van der Waals surface area contributed by atoms with Crippen molar-refractivity contribution >= 4 is 21.6 Å². The van der Waals surface area contributed by atoms with Crippen LogP contribution in [0.25, 0.3) is 0 Å². The van der Waals surface area contributed by atoms with E-state index in [2.05, 4.69) is 45.3 Å². The lowest BCUT2D eigenvalue weighted by atomic mass is 9.86. The first-order valence-corrected chi connectivity index (χ1v) is 7.53.